The van der Waals surface area contributed by atoms with Gasteiger partial charge in [-0.3, -0.25) is 4.79 Å². The first-order chi connectivity index (χ1) is 7.77. The molecule has 0 unspecified atom stereocenters. The van der Waals surface area contributed by atoms with Crippen LogP contribution in [0.3, 0.4) is 0 Å². The second-order valence-corrected chi connectivity index (χ2v) is 3.68. The lowest BCUT2D eigenvalue weighted by atomic mass is 10.0. The van der Waals surface area contributed by atoms with Crippen LogP contribution < -0.4 is 14.8 Å². The van der Waals surface area contributed by atoms with E-state index in [1.165, 1.54) is 0 Å². The summed E-state index contributed by atoms with van der Waals surface area (Å²) in [5, 5.41) is 2.86. The summed E-state index contributed by atoms with van der Waals surface area (Å²) >= 11 is 0. The van der Waals surface area contributed by atoms with Crippen LogP contribution >= 0.6 is 0 Å². The zero-order valence-electron chi connectivity index (χ0n) is 9.50. The Bertz CT molecular complexity index is 415. The molecule has 0 fully saturated rings. The second-order valence-electron chi connectivity index (χ2n) is 3.68. The minimum atomic E-state index is 0.0897. The molecule has 0 aliphatic carbocycles. The molecule has 1 N–H and O–H groups in total. The normalized spacial score (nSPS) is 13.1. The molecule has 16 heavy (non-hydrogen) atoms. The molecule has 0 saturated heterocycles. The van der Waals surface area contributed by atoms with E-state index >= 15 is 0 Å². The van der Waals surface area contributed by atoms with E-state index in [-0.39, 0.29) is 5.78 Å². The van der Waals surface area contributed by atoms with Gasteiger partial charge in [0.05, 0.1) is 20.3 Å². The van der Waals surface area contributed by atoms with Crippen molar-refractivity contribution in [3.8, 4) is 11.5 Å². The number of likely N-dealkylation sites (N-methyl/N-ethyl adjacent to an activating group) is 1. The molecule has 2 rings (SSSR count). The Labute approximate surface area is 94.6 Å². The summed E-state index contributed by atoms with van der Waals surface area (Å²) in [5.74, 6) is 1.52. The molecule has 1 aliphatic heterocycles. The number of rotatable bonds is 4. The maximum atomic E-state index is 11.8. The Morgan fingerprint density at radius 1 is 1.56 bits per heavy atom. The van der Waals surface area contributed by atoms with Gasteiger partial charge in [-0.2, -0.15) is 0 Å². The molecule has 1 heterocycles. The van der Waals surface area contributed by atoms with Crippen LogP contribution in [-0.4, -0.2) is 33.1 Å². The van der Waals surface area contributed by atoms with Gasteiger partial charge >= 0.3 is 0 Å². The molecule has 86 valence electrons. The number of methoxy groups -OCH3 is 1. The van der Waals surface area contributed by atoms with E-state index in [0.717, 1.165) is 23.3 Å². The van der Waals surface area contributed by atoms with Gasteiger partial charge in [0.2, 0.25) is 0 Å². The molecule has 0 spiro atoms. The van der Waals surface area contributed by atoms with Crippen molar-refractivity contribution >= 4 is 5.78 Å². The highest BCUT2D eigenvalue weighted by Crippen LogP contribution is 2.37. The van der Waals surface area contributed by atoms with Crippen molar-refractivity contribution in [1.29, 1.82) is 0 Å². The number of nitrogens with one attached hydrogen (secondary N) is 1. The van der Waals surface area contributed by atoms with Crippen LogP contribution in [0, 0.1) is 0 Å². The molecule has 4 heteroatoms. The third kappa shape index (κ3) is 1.76. The summed E-state index contributed by atoms with van der Waals surface area (Å²) in [6.07, 6.45) is 0.775. The van der Waals surface area contributed by atoms with Gasteiger partial charge < -0.3 is 14.8 Å². The third-order valence-electron chi connectivity index (χ3n) is 2.68. The highest BCUT2D eigenvalue weighted by atomic mass is 16.5. The van der Waals surface area contributed by atoms with Crippen molar-refractivity contribution in [2.24, 2.45) is 0 Å². The molecule has 1 aliphatic rings. The predicted octanol–water partition coefficient (Wildman–Crippen LogP) is 1.03. The first-order valence-electron chi connectivity index (χ1n) is 5.28. The quantitative estimate of drug-likeness (QED) is 0.771. The van der Waals surface area contributed by atoms with Crippen molar-refractivity contribution in [3.63, 3.8) is 0 Å². The van der Waals surface area contributed by atoms with Crippen molar-refractivity contribution in [2.75, 3.05) is 27.3 Å². The Morgan fingerprint density at radius 2 is 2.38 bits per heavy atom. The Morgan fingerprint density at radius 3 is 3.06 bits per heavy atom. The molecule has 0 bridgehead atoms. The highest BCUT2D eigenvalue weighted by Gasteiger charge is 2.23. The number of Topliss-reactive ketones (excluding diaryl/α,β-unsaturated/α-hetero) is 1. The summed E-state index contributed by atoms with van der Waals surface area (Å²) in [7, 11) is 3.37. The van der Waals surface area contributed by atoms with E-state index in [0.29, 0.717) is 18.9 Å². The van der Waals surface area contributed by atoms with E-state index in [1.54, 1.807) is 20.2 Å². The number of carbonyl (C=O) groups excluding carboxylic acids is 1. The van der Waals surface area contributed by atoms with Gasteiger partial charge in [-0.25, -0.2) is 0 Å². The largest absolute Gasteiger partial charge is 0.493 e. The van der Waals surface area contributed by atoms with Crippen molar-refractivity contribution in [3.05, 3.63) is 23.3 Å². The summed E-state index contributed by atoms with van der Waals surface area (Å²) in [4.78, 5) is 11.8. The lowest BCUT2D eigenvalue weighted by molar-refractivity contribution is 0.0993. The summed E-state index contributed by atoms with van der Waals surface area (Å²) < 4.78 is 10.7. The zero-order valence-corrected chi connectivity index (χ0v) is 9.50. The third-order valence-corrected chi connectivity index (χ3v) is 2.68. The summed E-state index contributed by atoms with van der Waals surface area (Å²) in [6, 6.07) is 3.60. The number of ether oxygens (including phenoxy) is 2. The maximum Gasteiger partial charge on any atom is 0.177 e. The van der Waals surface area contributed by atoms with Gasteiger partial charge in [0.15, 0.2) is 17.3 Å². The SMILES string of the molecule is CNCC(=O)c1ccc(OC)c2c1CCO2. The lowest BCUT2D eigenvalue weighted by Gasteiger charge is -2.09. The topological polar surface area (TPSA) is 47.6 Å². The number of fused-ring (bicyclic) bond motifs is 1. The van der Waals surface area contributed by atoms with E-state index in [4.69, 9.17) is 9.47 Å². The standard InChI is InChI=1S/C12H15NO3/c1-13-7-10(14)8-3-4-11(15-2)12-9(8)5-6-16-12/h3-4,13H,5-7H2,1-2H3. The average Bonchev–Trinajstić information content (AvgIpc) is 2.76. The van der Waals surface area contributed by atoms with Crippen LogP contribution in [0.5, 0.6) is 11.5 Å². The molecular weight excluding hydrogens is 206 g/mol. The first-order valence-corrected chi connectivity index (χ1v) is 5.28. The smallest absolute Gasteiger partial charge is 0.177 e. The monoisotopic (exact) mass is 221 g/mol. The average molecular weight is 221 g/mol. The molecular formula is C12H15NO3. The number of carbonyl (C=O) groups is 1. The van der Waals surface area contributed by atoms with Crippen LogP contribution in [0.1, 0.15) is 15.9 Å². The Hall–Kier alpha value is -1.55. The van der Waals surface area contributed by atoms with Gasteiger partial charge in [-0.15, -0.1) is 0 Å². The zero-order chi connectivity index (χ0) is 11.5. The first kappa shape index (κ1) is 11.0. The molecule has 1 aromatic carbocycles. The molecule has 0 atom stereocenters. The molecule has 4 nitrogen and oxygen atoms in total. The highest BCUT2D eigenvalue weighted by molar-refractivity contribution is 6.00. The van der Waals surface area contributed by atoms with Crippen LogP contribution in [0.2, 0.25) is 0 Å². The molecule has 1 aromatic rings. The minimum absolute atomic E-state index is 0.0897. The fourth-order valence-electron chi connectivity index (χ4n) is 1.95. The van der Waals surface area contributed by atoms with Gasteiger partial charge in [0, 0.05) is 17.5 Å². The lowest BCUT2D eigenvalue weighted by Crippen LogP contribution is -2.19. The number of ketones is 1. The van der Waals surface area contributed by atoms with Crippen molar-refractivity contribution in [1.82, 2.24) is 5.32 Å². The van der Waals surface area contributed by atoms with Crippen LogP contribution in [0.4, 0.5) is 0 Å². The van der Waals surface area contributed by atoms with Gasteiger partial charge in [0.25, 0.3) is 0 Å². The molecule has 0 aromatic heterocycles. The molecule has 0 amide bonds. The minimum Gasteiger partial charge on any atom is -0.493 e. The van der Waals surface area contributed by atoms with E-state index < -0.39 is 0 Å². The summed E-state index contributed by atoms with van der Waals surface area (Å²) in [5.41, 5.74) is 1.71. The number of hydrogen-bond donors (Lipinski definition) is 1. The predicted molar refractivity (Wildman–Crippen MR) is 60.5 cm³/mol. The Balaban J connectivity index is 2.41. The van der Waals surface area contributed by atoms with E-state index in [1.807, 2.05) is 6.07 Å². The summed E-state index contributed by atoms with van der Waals surface area (Å²) in [6.45, 7) is 0.967. The molecule has 0 radical (unpaired) electrons. The van der Waals surface area contributed by atoms with E-state index in [2.05, 4.69) is 5.32 Å². The van der Waals surface area contributed by atoms with Gasteiger partial charge in [-0.05, 0) is 19.2 Å². The van der Waals surface area contributed by atoms with Crippen molar-refractivity contribution < 1.29 is 14.3 Å². The van der Waals surface area contributed by atoms with E-state index in [9.17, 15) is 4.79 Å². The maximum absolute atomic E-state index is 11.8. The second kappa shape index (κ2) is 4.53. The van der Waals surface area contributed by atoms with Crippen molar-refractivity contribution in [2.45, 2.75) is 6.42 Å². The number of hydrogen-bond acceptors (Lipinski definition) is 4. The number of benzene rings is 1. The van der Waals surface area contributed by atoms with Gasteiger partial charge in [-0.1, -0.05) is 0 Å². The van der Waals surface area contributed by atoms with Crippen LogP contribution in [0.15, 0.2) is 12.1 Å². The Kier molecular flexibility index (Phi) is 3.10. The fraction of sp³-hybridized carbons (Fsp3) is 0.417. The fourth-order valence-corrected chi connectivity index (χ4v) is 1.95. The van der Waals surface area contributed by atoms with Gasteiger partial charge in [0.1, 0.15) is 0 Å². The molecule has 0 saturated carbocycles. The van der Waals surface area contributed by atoms with Crippen LogP contribution in [0.25, 0.3) is 0 Å². The van der Waals surface area contributed by atoms with Crippen LogP contribution in [-0.2, 0) is 6.42 Å².